The van der Waals surface area contributed by atoms with Crippen molar-refractivity contribution < 1.29 is 9.53 Å². The molecule has 3 N–H and O–H groups in total. The molecule has 1 aliphatic heterocycles. The molecule has 15 heavy (non-hydrogen) atoms. The van der Waals surface area contributed by atoms with Crippen LogP contribution in [-0.4, -0.2) is 29.1 Å². The molecule has 1 saturated heterocycles. The van der Waals surface area contributed by atoms with E-state index in [9.17, 15) is 4.79 Å². The largest absolute Gasteiger partial charge is 0.377 e. The van der Waals surface area contributed by atoms with Crippen molar-refractivity contribution in [3.05, 3.63) is 0 Å². The summed E-state index contributed by atoms with van der Waals surface area (Å²) in [6.07, 6.45) is 1.26. The summed E-state index contributed by atoms with van der Waals surface area (Å²) in [5.74, 6) is 5.37. The van der Waals surface area contributed by atoms with Gasteiger partial charge in [0.25, 0.3) is 0 Å². The SMILES string of the molecule is CC(C)C(SC1CCOC1C)C(=O)NN. The van der Waals surface area contributed by atoms with E-state index < -0.39 is 0 Å². The van der Waals surface area contributed by atoms with E-state index in [0.29, 0.717) is 5.25 Å². The van der Waals surface area contributed by atoms with E-state index >= 15 is 0 Å². The van der Waals surface area contributed by atoms with Crippen LogP contribution in [0.1, 0.15) is 27.2 Å². The van der Waals surface area contributed by atoms with Crippen molar-refractivity contribution in [3.63, 3.8) is 0 Å². The monoisotopic (exact) mass is 232 g/mol. The highest BCUT2D eigenvalue weighted by Gasteiger charge is 2.31. The van der Waals surface area contributed by atoms with Crippen LogP contribution in [0, 0.1) is 5.92 Å². The molecule has 0 aromatic heterocycles. The summed E-state index contributed by atoms with van der Waals surface area (Å²) in [7, 11) is 0. The number of hydrogen-bond donors (Lipinski definition) is 2. The molecule has 3 atom stereocenters. The van der Waals surface area contributed by atoms with Gasteiger partial charge in [0.2, 0.25) is 5.91 Å². The van der Waals surface area contributed by atoms with Crippen molar-refractivity contribution in [1.82, 2.24) is 5.43 Å². The summed E-state index contributed by atoms with van der Waals surface area (Å²) in [6.45, 7) is 6.93. The summed E-state index contributed by atoms with van der Waals surface area (Å²) < 4.78 is 5.48. The third kappa shape index (κ3) is 3.36. The van der Waals surface area contributed by atoms with Crippen molar-refractivity contribution >= 4 is 17.7 Å². The molecule has 0 spiro atoms. The number of hydrogen-bond acceptors (Lipinski definition) is 4. The fourth-order valence-electron chi connectivity index (χ4n) is 1.68. The molecule has 0 bridgehead atoms. The van der Waals surface area contributed by atoms with Crippen LogP contribution < -0.4 is 11.3 Å². The Hall–Kier alpha value is -0.260. The maximum Gasteiger partial charge on any atom is 0.247 e. The standard InChI is InChI=1S/C10H20N2O2S/c1-6(2)9(10(13)12-11)15-8-4-5-14-7(8)3/h6-9H,4-5,11H2,1-3H3,(H,12,13). The van der Waals surface area contributed by atoms with Crippen molar-refractivity contribution in [1.29, 1.82) is 0 Å². The van der Waals surface area contributed by atoms with E-state index in [4.69, 9.17) is 10.6 Å². The highest BCUT2D eigenvalue weighted by atomic mass is 32.2. The molecule has 5 heteroatoms. The number of hydrazine groups is 1. The fourth-order valence-corrected chi connectivity index (χ4v) is 3.10. The second kappa shape index (κ2) is 5.72. The molecule has 1 rings (SSSR count). The predicted octanol–water partition coefficient (Wildman–Crippen LogP) is 0.912. The number of carbonyl (C=O) groups excluding carboxylic acids is 1. The average Bonchev–Trinajstić information content (AvgIpc) is 2.59. The molecular weight excluding hydrogens is 212 g/mol. The van der Waals surface area contributed by atoms with E-state index in [-0.39, 0.29) is 23.2 Å². The van der Waals surface area contributed by atoms with Crippen molar-refractivity contribution in [2.45, 2.75) is 43.8 Å². The molecule has 0 aromatic carbocycles. The predicted molar refractivity (Wildman–Crippen MR) is 62.4 cm³/mol. The summed E-state index contributed by atoms with van der Waals surface area (Å²) in [5, 5.41) is 0.332. The molecular formula is C10H20N2O2S. The number of nitrogens with two attached hydrogens (primary N) is 1. The Balaban J connectivity index is 2.54. The van der Waals surface area contributed by atoms with Crippen molar-refractivity contribution in [3.8, 4) is 0 Å². The van der Waals surface area contributed by atoms with Gasteiger partial charge in [-0.2, -0.15) is 0 Å². The fraction of sp³-hybridized carbons (Fsp3) is 0.900. The Bertz CT molecular complexity index is 223. The smallest absolute Gasteiger partial charge is 0.247 e. The molecule has 88 valence electrons. The lowest BCUT2D eigenvalue weighted by atomic mass is 10.1. The van der Waals surface area contributed by atoms with Gasteiger partial charge in [-0.1, -0.05) is 13.8 Å². The molecule has 0 radical (unpaired) electrons. The third-order valence-electron chi connectivity index (χ3n) is 2.63. The van der Waals surface area contributed by atoms with Crippen LogP contribution in [0.5, 0.6) is 0 Å². The first-order valence-electron chi connectivity index (χ1n) is 5.33. The van der Waals surface area contributed by atoms with Crippen LogP contribution in [-0.2, 0) is 9.53 Å². The summed E-state index contributed by atoms with van der Waals surface area (Å²) in [5.41, 5.74) is 2.23. The van der Waals surface area contributed by atoms with Gasteiger partial charge >= 0.3 is 0 Å². The topological polar surface area (TPSA) is 64.3 Å². The molecule has 0 aromatic rings. The van der Waals surface area contributed by atoms with Crippen LogP contribution in [0.3, 0.4) is 0 Å². The van der Waals surface area contributed by atoms with Gasteiger partial charge in [0.1, 0.15) is 0 Å². The molecule has 3 unspecified atom stereocenters. The van der Waals surface area contributed by atoms with Crippen molar-refractivity contribution in [2.24, 2.45) is 11.8 Å². The third-order valence-corrected chi connectivity index (χ3v) is 4.65. The van der Waals surface area contributed by atoms with Gasteiger partial charge < -0.3 is 4.74 Å². The summed E-state index contributed by atoms with van der Waals surface area (Å²) in [6, 6.07) is 0. The van der Waals surface area contributed by atoms with Crippen molar-refractivity contribution in [2.75, 3.05) is 6.61 Å². The second-order valence-corrected chi connectivity index (χ2v) is 5.60. The molecule has 1 amide bonds. The molecule has 1 fully saturated rings. The minimum Gasteiger partial charge on any atom is -0.377 e. The Morgan fingerprint density at radius 3 is 2.67 bits per heavy atom. The normalized spacial score (nSPS) is 28.1. The van der Waals surface area contributed by atoms with Crippen LogP contribution in [0.15, 0.2) is 0 Å². The maximum atomic E-state index is 11.6. The Morgan fingerprint density at radius 1 is 1.60 bits per heavy atom. The van der Waals surface area contributed by atoms with Crippen LogP contribution in [0.4, 0.5) is 0 Å². The molecule has 1 aliphatic rings. The minimum atomic E-state index is -0.0888. The van der Waals surface area contributed by atoms with E-state index in [1.807, 2.05) is 13.8 Å². The van der Waals surface area contributed by atoms with Gasteiger partial charge in [-0.15, -0.1) is 11.8 Å². The first-order chi connectivity index (χ1) is 7.06. The average molecular weight is 232 g/mol. The van der Waals surface area contributed by atoms with Gasteiger partial charge in [0.15, 0.2) is 0 Å². The van der Waals surface area contributed by atoms with Gasteiger partial charge in [0, 0.05) is 11.9 Å². The van der Waals surface area contributed by atoms with Gasteiger partial charge in [-0.05, 0) is 19.3 Å². The first kappa shape index (κ1) is 12.8. The zero-order chi connectivity index (χ0) is 11.4. The number of nitrogens with one attached hydrogen (secondary N) is 1. The van der Waals surface area contributed by atoms with Crippen LogP contribution in [0.25, 0.3) is 0 Å². The molecule has 4 nitrogen and oxygen atoms in total. The second-order valence-electron chi connectivity index (χ2n) is 4.21. The first-order valence-corrected chi connectivity index (χ1v) is 6.28. The lowest BCUT2D eigenvalue weighted by Gasteiger charge is -2.23. The minimum absolute atomic E-state index is 0.0795. The quantitative estimate of drug-likeness (QED) is 0.429. The number of amides is 1. The van der Waals surface area contributed by atoms with Crippen LogP contribution >= 0.6 is 11.8 Å². The molecule has 0 aliphatic carbocycles. The lowest BCUT2D eigenvalue weighted by Crippen LogP contribution is -2.41. The highest BCUT2D eigenvalue weighted by Crippen LogP contribution is 2.32. The van der Waals surface area contributed by atoms with Gasteiger partial charge in [0.05, 0.1) is 11.4 Å². The van der Waals surface area contributed by atoms with E-state index in [1.165, 1.54) is 0 Å². The highest BCUT2D eigenvalue weighted by molar-refractivity contribution is 8.01. The van der Waals surface area contributed by atoms with E-state index in [2.05, 4.69) is 12.3 Å². The maximum absolute atomic E-state index is 11.6. The van der Waals surface area contributed by atoms with Gasteiger partial charge in [-0.25, -0.2) is 5.84 Å². The van der Waals surface area contributed by atoms with Crippen LogP contribution in [0.2, 0.25) is 0 Å². The number of rotatable bonds is 4. The Morgan fingerprint density at radius 2 is 2.27 bits per heavy atom. The summed E-state index contributed by atoms with van der Waals surface area (Å²) in [4.78, 5) is 11.6. The van der Waals surface area contributed by atoms with E-state index in [1.54, 1.807) is 11.8 Å². The van der Waals surface area contributed by atoms with Gasteiger partial charge in [-0.3, -0.25) is 10.2 Å². The number of carbonyl (C=O) groups is 1. The molecule has 0 saturated carbocycles. The Labute approximate surface area is 95.3 Å². The molecule has 1 heterocycles. The summed E-state index contributed by atoms with van der Waals surface area (Å²) >= 11 is 1.68. The number of ether oxygens (including phenoxy) is 1. The zero-order valence-corrected chi connectivity index (χ0v) is 10.3. The number of thioether (sulfide) groups is 1. The van der Waals surface area contributed by atoms with E-state index in [0.717, 1.165) is 13.0 Å². The zero-order valence-electron chi connectivity index (χ0n) is 9.53. The lowest BCUT2D eigenvalue weighted by molar-refractivity contribution is -0.121. The Kier molecular flexibility index (Phi) is 4.89.